The van der Waals surface area contributed by atoms with E-state index in [9.17, 15) is 14.5 Å². The molecule has 0 radical (unpaired) electrons. The molecule has 11 nitrogen and oxygen atoms in total. The highest BCUT2D eigenvalue weighted by atomic mass is 32.1. The number of rotatable bonds is 9. The number of nitrogens with one attached hydrogen (secondary N) is 1. The van der Waals surface area contributed by atoms with Gasteiger partial charge in [-0.3, -0.25) is 9.36 Å². The summed E-state index contributed by atoms with van der Waals surface area (Å²) in [6.45, 7) is 4.43. The second-order valence-corrected chi connectivity index (χ2v) is 11.1. The minimum absolute atomic E-state index is 0.0718. The summed E-state index contributed by atoms with van der Waals surface area (Å²) in [4.78, 5) is 17.8. The van der Waals surface area contributed by atoms with E-state index in [0.717, 1.165) is 6.26 Å². The molecule has 13 heteroatoms. The van der Waals surface area contributed by atoms with Crippen LogP contribution in [0.5, 0.6) is 11.5 Å². The first-order valence-corrected chi connectivity index (χ1v) is 13.5. The molecule has 0 saturated carbocycles. The van der Waals surface area contributed by atoms with Gasteiger partial charge in [0.15, 0.2) is 11.6 Å². The fourth-order valence-corrected chi connectivity index (χ4v) is 5.72. The lowest BCUT2D eigenvalue weighted by Crippen LogP contribution is -2.35. The van der Waals surface area contributed by atoms with E-state index in [1.54, 1.807) is 18.2 Å². The zero-order valence-corrected chi connectivity index (χ0v) is 21.6. The molecule has 0 saturated heterocycles. The van der Waals surface area contributed by atoms with E-state index >= 15 is 0 Å². The van der Waals surface area contributed by atoms with Crippen LogP contribution in [-0.4, -0.2) is 27.8 Å². The van der Waals surface area contributed by atoms with Crippen LogP contribution in [0.4, 0.5) is 5.69 Å². The Labute approximate surface area is 211 Å². The molecule has 1 aliphatic rings. The first kappa shape index (κ1) is 25.6. The summed E-state index contributed by atoms with van der Waals surface area (Å²) in [5, 5.41) is 22.5. The van der Waals surface area contributed by atoms with Crippen LogP contribution in [-0.2, 0) is 20.5 Å². The van der Waals surface area contributed by atoms with Crippen LogP contribution in [0.2, 0.25) is 0 Å². The number of nitrogens with two attached hydrogens (primary N) is 1. The molecule has 0 fully saturated rings. The number of aromatic nitrogens is 2. The van der Waals surface area contributed by atoms with Crippen LogP contribution in [0.25, 0.3) is 11.3 Å². The molecule has 0 aliphatic carbocycles. The zero-order valence-electron chi connectivity index (χ0n) is 19.9. The molecule has 3 aromatic rings. The molecule has 0 spiro atoms. The standard InChI is InChI=1S/C23H26N5O6PS/c1-14(2)6-8-28-23(30)19(21(29)20(26-28)15-7-11-36-13-15)22-25-17-5-4-16(33-9-10-34-24)12-18(17)35(31,27-22)32-3/h4-5,7,9-14,29H,6,8,24H2,1-3H3,(H,25,27,31)/b10-9+. The second-order valence-electron chi connectivity index (χ2n) is 8.28. The van der Waals surface area contributed by atoms with Crippen LogP contribution in [0.3, 0.4) is 0 Å². The number of benzene rings is 1. The van der Waals surface area contributed by atoms with Crippen molar-refractivity contribution in [2.45, 2.75) is 26.8 Å². The van der Waals surface area contributed by atoms with Gasteiger partial charge in [0.05, 0.1) is 11.0 Å². The van der Waals surface area contributed by atoms with Gasteiger partial charge in [0.2, 0.25) is 0 Å². The summed E-state index contributed by atoms with van der Waals surface area (Å²) in [5.41, 5.74) is 0.575. The molecule has 4 N–H and O–H groups in total. The summed E-state index contributed by atoms with van der Waals surface area (Å²) in [6, 6.07) is 6.51. The number of thiophene rings is 1. The number of aromatic hydroxyl groups is 1. The van der Waals surface area contributed by atoms with E-state index in [1.807, 2.05) is 24.6 Å². The number of hydrogen-bond donors (Lipinski definition) is 3. The average molecular weight is 532 g/mol. The van der Waals surface area contributed by atoms with Gasteiger partial charge in [-0.15, -0.1) is 0 Å². The third-order valence-electron chi connectivity index (χ3n) is 5.42. The van der Waals surface area contributed by atoms with Gasteiger partial charge in [-0.1, -0.05) is 13.8 Å². The molecule has 0 bridgehead atoms. The number of nitrogens with zero attached hydrogens (tertiary/aromatic N) is 3. The third kappa shape index (κ3) is 5.07. The summed E-state index contributed by atoms with van der Waals surface area (Å²) >= 11 is 1.43. The number of ether oxygens (including phenoxy) is 1. The molecule has 1 atom stereocenters. The monoisotopic (exact) mass is 531 g/mol. The molecule has 36 heavy (non-hydrogen) atoms. The maximum absolute atomic E-state index is 13.8. The normalized spacial score (nSPS) is 17.1. The van der Waals surface area contributed by atoms with Crippen molar-refractivity contribution in [3.63, 3.8) is 0 Å². The topological polar surface area (TPSA) is 150 Å². The van der Waals surface area contributed by atoms with Crippen molar-refractivity contribution in [2.75, 3.05) is 12.4 Å². The maximum Gasteiger partial charge on any atom is 0.348 e. The summed E-state index contributed by atoms with van der Waals surface area (Å²) in [5.74, 6) is 5.17. The van der Waals surface area contributed by atoms with Gasteiger partial charge < -0.3 is 24.5 Å². The molecular weight excluding hydrogens is 505 g/mol. The Kier molecular flexibility index (Phi) is 7.60. The highest BCUT2D eigenvalue weighted by Gasteiger charge is 2.36. The van der Waals surface area contributed by atoms with Crippen molar-refractivity contribution in [3.05, 3.63) is 63.5 Å². The molecule has 3 heterocycles. The Hall–Kier alpha value is -3.44. The maximum atomic E-state index is 13.8. The predicted molar refractivity (Wildman–Crippen MR) is 139 cm³/mol. The Bertz CT molecular complexity index is 1420. The van der Waals surface area contributed by atoms with E-state index in [-0.39, 0.29) is 28.1 Å². The lowest BCUT2D eigenvalue weighted by molar-refractivity contribution is 0.250. The minimum atomic E-state index is -3.85. The van der Waals surface area contributed by atoms with Crippen LogP contribution in [0.15, 0.2) is 57.1 Å². The number of aryl methyl sites for hydroxylation is 1. The van der Waals surface area contributed by atoms with Crippen LogP contribution in [0, 0.1) is 5.92 Å². The van der Waals surface area contributed by atoms with Gasteiger partial charge in [0, 0.05) is 24.6 Å². The Morgan fingerprint density at radius 3 is 2.78 bits per heavy atom. The first-order valence-electron chi connectivity index (χ1n) is 11.0. The van der Waals surface area contributed by atoms with E-state index in [4.69, 9.17) is 15.2 Å². The number of anilines is 1. The number of amidine groups is 1. The molecule has 1 unspecified atom stereocenters. The molecule has 1 aliphatic heterocycles. The molecular formula is C23H26N5O6PS. The van der Waals surface area contributed by atoms with E-state index in [1.165, 1.54) is 35.5 Å². The van der Waals surface area contributed by atoms with Gasteiger partial charge in [-0.2, -0.15) is 27.1 Å². The van der Waals surface area contributed by atoms with Gasteiger partial charge in [0.25, 0.3) is 5.56 Å². The highest BCUT2D eigenvalue weighted by molar-refractivity contribution is 7.66. The van der Waals surface area contributed by atoms with Gasteiger partial charge in [-0.05, 0) is 42.0 Å². The largest absolute Gasteiger partial charge is 0.505 e. The summed E-state index contributed by atoms with van der Waals surface area (Å²) in [6.07, 6.45) is 3.04. The molecule has 0 amide bonds. The fraction of sp³-hybridized carbons (Fsp3) is 0.261. The smallest absolute Gasteiger partial charge is 0.348 e. The SMILES string of the molecule is COP1(=O)N=C(c2c(O)c(-c3ccsc3)nn(CCC(C)C)c2=O)Nc2ccc(O/C=C/ON)cc21. The minimum Gasteiger partial charge on any atom is -0.505 e. The Morgan fingerprint density at radius 2 is 2.11 bits per heavy atom. The predicted octanol–water partition coefficient (Wildman–Crippen LogP) is 3.80. The first-order chi connectivity index (χ1) is 17.3. The van der Waals surface area contributed by atoms with Crippen molar-refractivity contribution in [3.8, 4) is 22.8 Å². The fourth-order valence-electron chi connectivity index (χ4n) is 3.55. The zero-order chi connectivity index (χ0) is 25.9. The molecule has 190 valence electrons. The lowest BCUT2D eigenvalue weighted by atomic mass is 10.1. The highest BCUT2D eigenvalue weighted by Crippen LogP contribution is 2.52. The van der Waals surface area contributed by atoms with Gasteiger partial charge in [0.1, 0.15) is 29.5 Å². The second kappa shape index (κ2) is 10.7. The van der Waals surface area contributed by atoms with Crippen molar-refractivity contribution in [1.29, 1.82) is 0 Å². The molecule has 1 aromatic carbocycles. The van der Waals surface area contributed by atoms with Crippen LogP contribution >= 0.6 is 18.9 Å². The molecule has 4 rings (SSSR count). The average Bonchev–Trinajstić information content (AvgIpc) is 3.39. The summed E-state index contributed by atoms with van der Waals surface area (Å²) in [7, 11) is -2.58. The Morgan fingerprint density at radius 1 is 1.31 bits per heavy atom. The van der Waals surface area contributed by atoms with E-state index in [0.29, 0.717) is 35.9 Å². The van der Waals surface area contributed by atoms with Crippen LogP contribution in [0.1, 0.15) is 25.8 Å². The molecule has 2 aromatic heterocycles. The third-order valence-corrected chi connectivity index (χ3v) is 8.04. The Balaban J connectivity index is 1.85. The van der Waals surface area contributed by atoms with E-state index in [2.05, 4.69) is 20.0 Å². The van der Waals surface area contributed by atoms with Crippen molar-refractivity contribution in [1.82, 2.24) is 9.78 Å². The van der Waals surface area contributed by atoms with Crippen molar-refractivity contribution < 1.29 is 23.8 Å². The van der Waals surface area contributed by atoms with Gasteiger partial charge >= 0.3 is 7.52 Å². The van der Waals surface area contributed by atoms with Crippen molar-refractivity contribution >= 4 is 35.7 Å². The lowest BCUT2D eigenvalue weighted by Gasteiger charge is -2.25. The van der Waals surface area contributed by atoms with E-state index < -0.39 is 13.1 Å². The quantitative estimate of drug-likeness (QED) is 0.213. The van der Waals surface area contributed by atoms with Crippen molar-refractivity contribution in [2.24, 2.45) is 16.6 Å². The van der Waals surface area contributed by atoms with Gasteiger partial charge in [-0.25, -0.2) is 4.68 Å². The number of hydrogen-bond acceptors (Lipinski definition) is 10. The number of fused-ring (bicyclic) bond motifs is 1. The van der Waals surface area contributed by atoms with Crippen LogP contribution < -0.4 is 26.8 Å². The summed E-state index contributed by atoms with van der Waals surface area (Å²) < 4.78 is 30.1.